The topological polar surface area (TPSA) is 58.4 Å². The second-order valence-corrected chi connectivity index (χ2v) is 4.50. The molecule has 0 bridgehead atoms. The van der Waals surface area contributed by atoms with Crippen LogP contribution in [0.4, 0.5) is 13.2 Å². The lowest BCUT2D eigenvalue weighted by Gasteiger charge is -2.23. The molecule has 1 aromatic rings. The molecule has 20 heavy (non-hydrogen) atoms. The van der Waals surface area contributed by atoms with E-state index in [9.17, 15) is 18.0 Å². The average Bonchev–Trinajstić information content (AvgIpc) is 2.36. The predicted octanol–water partition coefficient (Wildman–Crippen LogP) is 2.06. The lowest BCUT2D eigenvalue weighted by atomic mass is 10.1. The Balaban J connectivity index is 2.80. The first-order valence-corrected chi connectivity index (χ1v) is 6.24. The van der Waals surface area contributed by atoms with Crippen LogP contribution in [-0.4, -0.2) is 30.1 Å². The largest absolute Gasteiger partial charge is 0.401 e. The lowest BCUT2D eigenvalue weighted by Crippen LogP contribution is -2.34. The third-order valence-corrected chi connectivity index (χ3v) is 2.67. The summed E-state index contributed by atoms with van der Waals surface area (Å²) in [6, 6.07) is 6.41. The summed E-state index contributed by atoms with van der Waals surface area (Å²) < 4.78 is 37.4. The number of carbonyl (C=O) groups is 1. The number of nitrogens with zero attached hydrogens (tertiary/aromatic N) is 1. The van der Waals surface area contributed by atoms with E-state index in [-0.39, 0.29) is 6.54 Å². The van der Waals surface area contributed by atoms with E-state index in [0.29, 0.717) is 24.1 Å². The lowest BCUT2D eigenvalue weighted by molar-refractivity contribution is -0.147. The number of nitrogen functional groups attached to an aromatic ring is 1. The van der Waals surface area contributed by atoms with Crippen LogP contribution >= 0.6 is 0 Å². The SMILES string of the molecule is CCCN(Cc1cccc(C(=O)NN)c1)CC(F)(F)F. The maximum Gasteiger partial charge on any atom is 0.401 e. The van der Waals surface area contributed by atoms with E-state index in [0.717, 1.165) is 0 Å². The highest BCUT2D eigenvalue weighted by atomic mass is 19.4. The molecule has 7 heteroatoms. The fourth-order valence-corrected chi connectivity index (χ4v) is 1.94. The van der Waals surface area contributed by atoms with Gasteiger partial charge in [0.25, 0.3) is 5.91 Å². The monoisotopic (exact) mass is 289 g/mol. The van der Waals surface area contributed by atoms with Crippen LogP contribution in [0.25, 0.3) is 0 Å². The molecule has 4 nitrogen and oxygen atoms in total. The first-order valence-electron chi connectivity index (χ1n) is 6.24. The minimum absolute atomic E-state index is 0.138. The molecule has 0 atom stereocenters. The zero-order valence-corrected chi connectivity index (χ0v) is 11.2. The molecule has 0 aliphatic carbocycles. The van der Waals surface area contributed by atoms with E-state index in [4.69, 9.17) is 5.84 Å². The van der Waals surface area contributed by atoms with Crippen molar-refractivity contribution in [1.82, 2.24) is 10.3 Å². The smallest absolute Gasteiger partial charge is 0.291 e. The number of carbonyl (C=O) groups excluding carboxylic acids is 1. The van der Waals surface area contributed by atoms with Crippen molar-refractivity contribution < 1.29 is 18.0 Å². The highest BCUT2D eigenvalue weighted by molar-refractivity contribution is 5.93. The van der Waals surface area contributed by atoms with Crippen molar-refractivity contribution in [3.63, 3.8) is 0 Å². The van der Waals surface area contributed by atoms with Crippen LogP contribution in [-0.2, 0) is 6.54 Å². The minimum Gasteiger partial charge on any atom is -0.291 e. The summed E-state index contributed by atoms with van der Waals surface area (Å²) in [5.41, 5.74) is 2.96. The molecule has 0 heterocycles. The van der Waals surface area contributed by atoms with Crippen molar-refractivity contribution in [1.29, 1.82) is 0 Å². The maximum atomic E-state index is 12.5. The predicted molar refractivity (Wildman–Crippen MR) is 69.7 cm³/mol. The second kappa shape index (κ2) is 7.25. The molecule has 1 rings (SSSR count). The first kappa shape index (κ1) is 16.5. The molecular weight excluding hydrogens is 271 g/mol. The van der Waals surface area contributed by atoms with Gasteiger partial charge in [-0.3, -0.25) is 15.1 Å². The molecule has 0 aliphatic rings. The summed E-state index contributed by atoms with van der Waals surface area (Å²) in [7, 11) is 0. The van der Waals surface area contributed by atoms with Crippen molar-refractivity contribution in [2.75, 3.05) is 13.1 Å². The zero-order chi connectivity index (χ0) is 15.2. The van der Waals surface area contributed by atoms with Crippen LogP contribution in [0, 0.1) is 0 Å². The molecule has 0 radical (unpaired) electrons. The molecular formula is C13H18F3N3O. The van der Waals surface area contributed by atoms with E-state index in [1.807, 2.05) is 12.3 Å². The van der Waals surface area contributed by atoms with Crippen LogP contribution in [0.15, 0.2) is 24.3 Å². The van der Waals surface area contributed by atoms with Crippen LogP contribution in [0.1, 0.15) is 29.3 Å². The van der Waals surface area contributed by atoms with Gasteiger partial charge in [0.1, 0.15) is 0 Å². The van der Waals surface area contributed by atoms with E-state index in [2.05, 4.69) is 0 Å². The number of amides is 1. The van der Waals surface area contributed by atoms with E-state index >= 15 is 0 Å². The van der Waals surface area contributed by atoms with Crippen molar-refractivity contribution in [2.45, 2.75) is 26.1 Å². The molecule has 0 aromatic heterocycles. The number of halogens is 3. The summed E-state index contributed by atoms with van der Waals surface area (Å²) in [4.78, 5) is 12.7. The normalized spacial score (nSPS) is 11.7. The molecule has 1 amide bonds. The third-order valence-electron chi connectivity index (χ3n) is 2.67. The second-order valence-electron chi connectivity index (χ2n) is 4.50. The van der Waals surface area contributed by atoms with Gasteiger partial charge in [0, 0.05) is 12.1 Å². The molecule has 0 saturated heterocycles. The van der Waals surface area contributed by atoms with Gasteiger partial charge in [0.15, 0.2) is 0 Å². The third kappa shape index (κ3) is 5.58. The van der Waals surface area contributed by atoms with Gasteiger partial charge < -0.3 is 0 Å². The Kier molecular flexibility index (Phi) is 5.97. The fraction of sp³-hybridized carbons (Fsp3) is 0.462. The number of hydrogen-bond donors (Lipinski definition) is 2. The van der Waals surface area contributed by atoms with Gasteiger partial charge in [0.05, 0.1) is 6.54 Å². The van der Waals surface area contributed by atoms with E-state index in [1.54, 1.807) is 24.3 Å². The molecule has 1 aromatic carbocycles. The van der Waals surface area contributed by atoms with Crippen molar-refractivity contribution in [3.05, 3.63) is 35.4 Å². The maximum absolute atomic E-state index is 12.5. The molecule has 0 unspecified atom stereocenters. The van der Waals surface area contributed by atoms with Crippen LogP contribution < -0.4 is 11.3 Å². The van der Waals surface area contributed by atoms with Crippen molar-refractivity contribution in [2.24, 2.45) is 5.84 Å². The standard InChI is InChI=1S/C13H18F3N3O/c1-2-6-19(9-13(14,15)16)8-10-4-3-5-11(7-10)12(20)18-17/h3-5,7H,2,6,8-9,17H2,1H3,(H,18,20). The van der Waals surface area contributed by atoms with Gasteiger partial charge in [-0.15, -0.1) is 0 Å². The first-order chi connectivity index (χ1) is 9.35. The Bertz CT molecular complexity index is 449. The highest BCUT2D eigenvalue weighted by Gasteiger charge is 2.30. The number of hydrogen-bond acceptors (Lipinski definition) is 3. The summed E-state index contributed by atoms with van der Waals surface area (Å²) in [6.45, 7) is 1.34. The molecule has 3 N–H and O–H groups in total. The minimum atomic E-state index is -4.23. The van der Waals surface area contributed by atoms with Crippen molar-refractivity contribution in [3.8, 4) is 0 Å². The van der Waals surface area contributed by atoms with Gasteiger partial charge in [-0.25, -0.2) is 5.84 Å². The average molecular weight is 289 g/mol. The number of alkyl halides is 3. The molecule has 0 saturated carbocycles. The summed E-state index contributed by atoms with van der Waals surface area (Å²) in [5.74, 6) is 4.56. The number of nitrogens with two attached hydrogens (primary N) is 1. The molecule has 0 fully saturated rings. The molecule has 0 spiro atoms. The van der Waals surface area contributed by atoms with Crippen LogP contribution in [0.2, 0.25) is 0 Å². The summed E-state index contributed by atoms with van der Waals surface area (Å²) in [5, 5.41) is 0. The van der Waals surface area contributed by atoms with E-state index in [1.165, 1.54) is 4.90 Å². The molecule has 112 valence electrons. The summed E-state index contributed by atoms with van der Waals surface area (Å²) >= 11 is 0. The van der Waals surface area contributed by atoms with Gasteiger partial charge in [-0.1, -0.05) is 19.1 Å². The van der Waals surface area contributed by atoms with Gasteiger partial charge in [0.2, 0.25) is 0 Å². The van der Waals surface area contributed by atoms with Gasteiger partial charge in [-0.05, 0) is 30.7 Å². The number of nitrogens with one attached hydrogen (secondary N) is 1. The van der Waals surface area contributed by atoms with Gasteiger partial charge in [-0.2, -0.15) is 13.2 Å². The Morgan fingerprint density at radius 2 is 2.10 bits per heavy atom. The van der Waals surface area contributed by atoms with E-state index < -0.39 is 18.6 Å². The summed E-state index contributed by atoms with van der Waals surface area (Å²) in [6.07, 6.45) is -3.61. The number of rotatable bonds is 6. The van der Waals surface area contributed by atoms with Crippen LogP contribution in [0.3, 0.4) is 0 Å². The zero-order valence-electron chi connectivity index (χ0n) is 11.2. The molecule has 0 aliphatic heterocycles. The quantitative estimate of drug-likeness (QED) is 0.479. The Hall–Kier alpha value is -1.60. The Morgan fingerprint density at radius 1 is 1.40 bits per heavy atom. The fourth-order valence-electron chi connectivity index (χ4n) is 1.94. The van der Waals surface area contributed by atoms with Crippen molar-refractivity contribution >= 4 is 5.91 Å². The highest BCUT2D eigenvalue weighted by Crippen LogP contribution is 2.18. The van der Waals surface area contributed by atoms with Crippen LogP contribution in [0.5, 0.6) is 0 Å². The number of hydrazine groups is 1. The number of benzene rings is 1. The Morgan fingerprint density at radius 3 is 2.65 bits per heavy atom. The van der Waals surface area contributed by atoms with Gasteiger partial charge >= 0.3 is 6.18 Å². The Labute approximate surface area is 115 Å².